The lowest BCUT2D eigenvalue weighted by Crippen LogP contribution is -2.25. The van der Waals surface area contributed by atoms with Crippen molar-refractivity contribution in [2.45, 2.75) is 25.0 Å². The molecule has 1 saturated heterocycles. The Bertz CT molecular complexity index is 816. The largest absolute Gasteiger partial charge is 0.489 e. The molecule has 2 amide bonds. The summed E-state index contributed by atoms with van der Waals surface area (Å²) in [4.78, 5) is 27.2. The zero-order valence-electron chi connectivity index (χ0n) is 14.5. The van der Waals surface area contributed by atoms with Crippen LogP contribution in [-0.4, -0.2) is 28.0 Å². The quantitative estimate of drug-likeness (QED) is 0.808. The predicted octanol–water partition coefficient (Wildman–Crippen LogP) is 3.63. The van der Waals surface area contributed by atoms with Gasteiger partial charge in [0.25, 0.3) is 5.24 Å². The number of rotatable bonds is 7. The van der Waals surface area contributed by atoms with Gasteiger partial charge in [-0.1, -0.05) is 43.5 Å². The van der Waals surface area contributed by atoms with Crippen molar-refractivity contribution in [2.75, 3.05) is 6.61 Å². The molecule has 1 aliphatic rings. The van der Waals surface area contributed by atoms with Gasteiger partial charge in [0.2, 0.25) is 5.91 Å². The highest BCUT2D eigenvalue weighted by molar-refractivity contribution is 8.15. The van der Waals surface area contributed by atoms with Gasteiger partial charge in [-0.25, -0.2) is 0 Å². The average Bonchev–Trinajstić information content (AvgIpc) is 2.98. The van der Waals surface area contributed by atoms with E-state index in [-0.39, 0.29) is 16.4 Å². The summed E-state index contributed by atoms with van der Waals surface area (Å²) in [6, 6.07) is 11.5. The molecule has 1 aromatic heterocycles. The molecule has 26 heavy (non-hydrogen) atoms. The zero-order valence-corrected chi connectivity index (χ0v) is 15.3. The van der Waals surface area contributed by atoms with Crippen LogP contribution in [0.25, 0.3) is 5.57 Å². The predicted molar refractivity (Wildman–Crippen MR) is 103 cm³/mol. The molecule has 1 aromatic carbocycles. The number of thioether (sulfide) groups is 1. The summed E-state index contributed by atoms with van der Waals surface area (Å²) >= 11 is 1.04. The number of aryl methyl sites for hydroxylation is 1. The van der Waals surface area contributed by atoms with E-state index in [2.05, 4.69) is 23.8 Å². The minimum atomic E-state index is -0.355. The van der Waals surface area contributed by atoms with Crippen LogP contribution in [0.2, 0.25) is 0 Å². The number of benzene rings is 1. The van der Waals surface area contributed by atoms with Crippen molar-refractivity contribution in [2.24, 2.45) is 0 Å². The Morgan fingerprint density at radius 2 is 1.92 bits per heavy atom. The van der Waals surface area contributed by atoms with Crippen molar-refractivity contribution in [3.05, 3.63) is 66.0 Å². The molecular formula is C20H20N2O3S. The normalized spacial score (nSPS) is 16.4. The van der Waals surface area contributed by atoms with Gasteiger partial charge >= 0.3 is 0 Å². The maximum atomic E-state index is 11.6. The number of nitrogens with one attached hydrogen (secondary N) is 1. The Labute approximate surface area is 156 Å². The third-order valence-electron chi connectivity index (χ3n) is 4.12. The van der Waals surface area contributed by atoms with E-state index in [0.29, 0.717) is 13.0 Å². The van der Waals surface area contributed by atoms with Crippen molar-refractivity contribution in [3.63, 3.8) is 0 Å². The van der Waals surface area contributed by atoms with Crippen LogP contribution in [0.4, 0.5) is 4.79 Å². The second-order valence-corrected chi connectivity index (χ2v) is 7.20. The van der Waals surface area contributed by atoms with E-state index in [1.54, 1.807) is 0 Å². The van der Waals surface area contributed by atoms with Gasteiger partial charge in [-0.3, -0.25) is 19.9 Å². The lowest BCUT2D eigenvalue weighted by Gasteiger charge is -2.10. The molecule has 2 aromatic rings. The van der Waals surface area contributed by atoms with Crippen molar-refractivity contribution < 1.29 is 14.3 Å². The third kappa shape index (κ3) is 4.52. The zero-order chi connectivity index (χ0) is 18.5. The number of carbonyl (C=O) groups excluding carboxylic acids is 2. The summed E-state index contributed by atoms with van der Waals surface area (Å²) in [5, 5.41) is 1.66. The molecular weight excluding hydrogens is 348 g/mol. The van der Waals surface area contributed by atoms with Crippen molar-refractivity contribution in [1.29, 1.82) is 0 Å². The second kappa shape index (κ2) is 8.19. The van der Waals surface area contributed by atoms with Gasteiger partial charge in [0, 0.05) is 11.8 Å². The molecule has 0 saturated carbocycles. The number of ether oxygens (including phenoxy) is 1. The number of nitrogens with zero attached hydrogens (tertiary/aromatic N) is 1. The maximum absolute atomic E-state index is 11.6. The van der Waals surface area contributed by atoms with E-state index in [9.17, 15) is 9.59 Å². The summed E-state index contributed by atoms with van der Waals surface area (Å²) in [6.45, 7) is 6.48. The smallest absolute Gasteiger partial charge is 0.286 e. The van der Waals surface area contributed by atoms with Gasteiger partial charge in [0.15, 0.2) is 0 Å². The van der Waals surface area contributed by atoms with Gasteiger partial charge in [-0.05, 0) is 42.2 Å². The van der Waals surface area contributed by atoms with Crippen LogP contribution in [-0.2, 0) is 17.6 Å². The van der Waals surface area contributed by atoms with E-state index < -0.39 is 0 Å². The highest BCUT2D eigenvalue weighted by atomic mass is 32.2. The molecule has 2 heterocycles. The molecule has 1 fully saturated rings. The first kappa shape index (κ1) is 18.2. The van der Waals surface area contributed by atoms with E-state index in [1.807, 2.05) is 42.6 Å². The Hall–Kier alpha value is -2.60. The van der Waals surface area contributed by atoms with Gasteiger partial charge < -0.3 is 4.74 Å². The van der Waals surface area contributed by atoms with Gasteiger partial charge in [0.1, 0.15) is 12.4 Å². The molecule has 1 aliphatic heterocycles. The second-order valence-electron chi connectivity index (χ2n) is 6.03. The molecule has 1 atom stereocenters. The molecule has 5 nitrogen and oxygen atoms in total. The summed E-state index contributed by atoms with van der Waals surface area (Å²) in [7, 11) is 0. The average molecular weight is 368 g/mol. The van der Waals surface area contributed by atoms with Crippen LogP contribution in [0, 0.1) is 0 Å². The fraction of sp³-hybridized carbons (Fsp3) is 0.250. The minimum absolute atomic E-state index is 0.224. The Balaban J connectivity index is 1.53. The lowest BCUT2D eigenvalue weighted by atomic mass is 10.1. The Morgan fingerprint density at radius 1 is 1.19 bits per heavy atom. The fourth-order valence-corrected chi connectivity index (χ4v) is 3.41. The maximum Gasteiger partial charge on any atom is 0.286 e. The Morgan fingerprint density at radius 3 is 2.50 bits per heavy atom. The number of carbonyl (C=O) groups is 2. The number of aromatic nitrogens is 1. The summed E-state index contributed by atoms with van der Waals surface area (Å²) in [6.07, 6.45) is 3.33. The number of hydrogen-bond acceptors (Lipinski definition) is 5. The molecule has 3 rings (SSSR count). The van der Waals surface area contributed by atoms with E-state index in [4.69, 9.17) is 4.74 Å². The van der Waals surface area contributed by atoms with Crippen molar-refractivity contribution in [3.8, 4) is 5.75 Å². The summed E-state index contributed by atoms with van der Waals surface area (Å²) in [5.41, 5.74) is 3.81. The first-order valence-corrected chi connectivity index (χ1v) is 9.29. The van der Waals surface area contributed by atoms with E-state index in [1.165, 1.54) is 5.56 Å². The lowest BCUT2D eigenvalue weighted by molar-refractivity contribution is -0.118. The Kier molecular flexibility index (Phi) is 5.73. The standard InChI is InChI=1S/C20H20N2O3S/c1-3-14-6-9-17(21-11-14)13(2)12-25-16-7-4-15(5-8-16)10-18-19(23)22-20(24)26-18/h4-9,11,18H,2-3,10,12H2,1H3,(H,22,23,24). The number of hydrogen-bond donors (Lipinski definition) is 1. The third-order valence-corrected chi connectivity index (χ3v) is 5.10. The van der Waals surface area contributed by atoms with Crippen molar-refractivity contribution in [1.82, 2.24) is 10.3 Å². The first-order valence-electron chi connectivity index (χ1n) is 8.41. The molecule has 0 radical (unpaired) electrons. The summed E-state index contributed by atoms with van der Waals surface area (Å²) < 4.78 is 5.76. The highest BCUT2D eigenvalue weighted by Gasteiger charge is 2.31. The van der Waals surface area contributed by atoms with Gasteiger partial charge in [0.05, 0.1) is 10.9 Å². The minimum Gasteiger partial charge on any atom is -0.489 e. The number of pyridine rings is 1. The molecule has 0 aliphatic carbocycles. The van der Waals surface area contributed by atoms with Crippen LogP contribution >= 0.6 is 11.8 Å². The molecule has 134 valence electrons. The number of imide groups is 1. The summed E-state index contributed by atoms with van der Waals surface area (Å²) in [5.74, 6) is 0.498. The van der Waals surface area contributed by atoms with Crippen LogP contribution in [0.3, 0.4) is 0 Å². The SMILES string of the molecule is C=C(COc1ccc(CC2SC(=O)NC2=O)cc1)c1ccc(CC)cn1. The monoisotopic (exact) mass is 368 g/mol. The fourth-order valence-electron chi connectivity index (χ4n) is 2.55. The molecule has 1 unspecified atom stereocenters. The van der Waals surface area contributed by atoms with Crippen LogP contribution in [0.5, 0.6) is 5.75 Å². The topological polar surface area (TPSA) is 68.3 Å². The van der Waals surface area contributed by atoms with Gasteiger partial charge in [-0.15, -0.1) is 0 Å². The van der Waals surface area contributed by atoms with Crippen molar-refractivity contribution >= 4 is 28.5 Å². The van der Waals surface area contributed by atoms with Crippen LogP contribution < -0.4 is 10.1 Å². The molecule has 6 heteroatoms. The molecule has 0 bridgehead atoms. The number of amides is 2. The van der Waals surface area contributed by atoms with Gasteiger partial charge in [-0.2, -0.15) is 0 Å². The molecule has 1 N–H and O–H groups in total. The van der Waals surface area contributed by atoms with E-state index >= 15 is 0 Å². The van der Waals surface area contributed by atoms with E-state index in [0.717, 1.165) is 40.8 Å². The van der Waals surface area contributed by atoms with Crippen LogP contribution in [0.15, 0.2) is 49.2 Å². The highest BCUT2D eigenvalue weighted by Crippen LogP contribution is 2.24. The molecule has 0 spiro atoms. The van der Waals surface area contributed by atoms with Crippen LogP contribution in [0.1, 0.15) is 23.7 Å². The first-order chi connectivity index (χ1) is 12.5.